The number of piperazine rings is 1. The Balaban J connectivity index is 2.19. The summed E-state index contributed by atoms with van der Waals surface area (Å²) in [6.07, 6.45) is 3.13. The van der Waals surface area contributed by atoms with Crippen LogP contribution in [-0.2, 0) is 0 Å². The molecular formula is C17H21BrN4O4. The van der Waals surface area contributed by atoms with Crippen molar-refractivity contribution in [1.82, 2.24) is 4.90 Å². The molecule has 140 valence electrons. The maximum Gasteiger partial charge on any atom is 0.312 e. The average molecular weight is 425 g/mol. The van der Waals surface area contributed by atoms with Crippen LogP contribution in [0.1, 0.15) is 6.92 Å². The smallest absolute Gasteiger partial charge is 0.312 e. The van der Waals surface area contributed by atoms with Gasteiger partial charge in [0.2, 0.25) is 5.88 Å². The third-order valence-electron chi connectivity index (χ3n) is 4.06. The molecule has 0 radical (unpaired) electrons. The molecule has 2 rings (SSSR count). The number of methoxy groups -OCH3 is 1. The van der Waals surface area contributed by atoms with Crippen molar-refractivity contribution >= 4 is 33.1 Å². The molecule has 0 amide bonds. The van der Waals surface area contributed by atoms with Crippen molar-refractivity contribution < 1.29 is 14.8 Å². The molecule has 1 saturated heterocycles. The van der Waals surface area contributed by atoms with E-state index in [-0.39, 0.29) is 17.3 Å². The summed E-state index contributed by atoms with van der Waals surface area (Å²) in [4.78, 5) is 18.9. The Morgan fingerprint density at radius 1 is 1.42 bits per heavy atom. The molecule has 0 aliphatic carbocycles. The van der Waals surface area contributed by atoms with E-state index in [1.165, 1.54) is 19.3 Å². The summed E-state index contributed by atoms with van der Waals surface area (Å²) in [6, 6.07) is 3.13. The fraction of sp³-hybridized carbons (Fsp3) is 0.353. The molecule has 8 nitrogen and oxygen atoms in total. The van der Waals surface area contributed by atoms with E-state index in [0.717, 1.165) is 5.69 Å². The number of hydrogen-bond acceptors (Lipinski definition) is 6. The van der Waals surface area contributed by atoms with E-state index in [1.54, 1.807) is 19.1 Å². The molecule has 0 aromatic heterocycles. The molecular weight excluding hydrogens is 404 g/mol. The minimum Gasteiger partial charge on any atom is -0.493 e. The number of hydrogen-bond donors (Lipinski definition) is 1. The van der Waals surface area contributed by atoms with Gasteiger partial charge in [-0.15, -0.1) is 0 Å². The van der Waals surface area contributed by atoms with Gasteiger partial charge < -0.3 is 19.6 Å². The van der Waals surface area contributed by atoms with E-state index in [1.807, 2.05) is 4.90 Å². The number of ether oxygens (including phenoxy) is 1. The van der Waals surface area contributed by atoms with Crippen molar-refractivity contribution in [1.29, 1.82) is 0 Å². The molecule has 1 heterocycles. The summed E-state index contributed by atoms with van der Waals surface area (Å²) in [5.74, 6) is 0.785. The fourth-order valence-corrected chi connectivity index (χ4v) is 3.27. The first-order valence-electron chi connectivity index (χ1n) is 7.99. The maximum absolute atomic E-state index is 11.1. The molecule has 1 aliphatic heterocycles. The lowest BCUT2D eigenvalue weighted by Gasteiger charge is -2.37. The summed E-state index contributed by atoms with van der Waals surface area (Å²) < 4.78 is 5.80. The van der Waals surface area contributed by atoms with Crippen molar-refractivity contribution in [2.45, 2.75) is 6.92 Å². The van der Waals surface area contributed by atoms with Crippen LogP contribution < -0.4 is 9.64 Å². The molecule has 0 unspecified atom stereocenters. The molecule has 0 bridgehead atoms. The van der Waals surface area contributed by atoms with E-state index >= 15 is 0 Å². The fourth-order valence-electron chi connectivity index (χ4n) is 2.68. The summed E-state index contributed by atoms with van der Waals surface area (Å²) in [7, 11) is 1.42. The molecule has 0 saturated carbocycles. The van der Waals surface area contributed by atoms with E-state index in [2.05, 4.69) is 32.4 Å². The van der Waals surface area contributed by atoms with Gasteiger partial charge >= 0.3 is 5.69 Å². The third kappa shape index (κ3) is 4.34. The molecule has 9 heteroatoms. The molecule has 0 spiro atoms. The Morgan fingerprint density at radius 3 is 2.58 bits per heavy atom. The lowest BCUT2D eigenvalue weighted by Crippen LogP contribution is -2.48. The van der Waals surface area contributed by atoms with E-state index < -0.39 is 4.92 Å². The monoisotopic (exact) mass is 424 g/mol. The van der Waals surface area contributed by atoms with Gasteiger partial charge in [-0.3, -0.25) is 10.1 Å². The summed E-state index contributed by atoms with van der Waals surface area (Å²) in [6.45, 7) is 8.17. The summed E-state index contributed by atoms with van der Waals surface area (Å²) >= 11 is 3.42. The topological polar surface area (TPSA) is 91.4 Å². The molecule has 0 atom stereocenters. The second-order valence-electron chi connectivity index (χ2n) is 5.53. The van der Waals surface area contributed by atoms with Crippen LogP contribution in [0.4, 0.5) is 11.4 Å². The number of aliphatic hydroxyl groups is 1. The van der Waals surface area contributed by atoms with Crippen molar-refractivity contribution in [3.05, 3.63) is 51.3 Å². The van der Waals surface area contributed by atoms with E-state index in [4.69, 9.17) is 4.74 Å². The number of nitro groups is 1. The van der Waals surface area contributed by atoms with Crippen molar-refractivity contribution in [3.63, 3.8) is 0 Å². The molecule has 1 aromatic rings. The quantitative estimate of drug-likeness (QED) is 0.255. The van der Waals surface area contributed by atoms with Gasteiger partial charge in [0, 0.05) is 42.8 Å². The van der Waals surface area contributed by atoms with Gasteiger partial charge in [0.1, 0.15) is 5.84 Å². The largest absolute Gasteiger partial charge is 0.493 e. The van der Waals surface area contributed by atoms with Gasteiger partial charge in [0.05, 0.1) is 17.7 Å². The Morgan fingerprint density at radius 2 is 2.08 bits per heavy atom. The highest BCUT2D eigenvalue weighted by atomic mass is 79.9. The lowest BCUT2D eigenvalue weighted by atomic mass is 10.2. The van der Waals surface area contributed by atoms with Gasteiger partial charge in [0.15, 0.2) is 5.75 Å². The van der Waals surface area contributed by atoms with Crippen LogP contribution in [0.15, 0.2) is 46.2 Å². The number of halogens is 1. The van der Waals surface area contributed by atoms with Crippen LogP contribution in [0.5, 0.6) is 5.75 Å². The second-order valence-corrected chi connectivity index (χ2v) is 6.38. The van der Waals surface area contributed by atoms with Crippen LogP contribution in [0.3, 0.4) is 0 Å². The SMILES string of the molecule is C=C/C(=N\C(O)=C/C)N1CCN(c2cc(OC)c([N+](=O)[O-])cc2Br)CC1. The van der Waals surface area contributed by atoms with Gasteiger partial charge in [-0.1, -0.05) is 6.58 Å². The van der Waals surface area contributed by atoms with Crippen molar-refractivity contribution in [3.8, 4) is 5.75 Å². The minimum atomic E-state index is -0.466. The van der Waals surface area contributed by atoms with Crippen LogP contribution in [-0.4, -0.2) is 54.1 Å². The van der Waals surface area contributed by atoms with E-state index in [0.29, 0.717) is 36.5 Å². The van der Waals surface area contributed by atoms with Crippen LogP contribution in [0, 0.1) is 10.1 Å². The average Bonchev–Trinajstić information content (AvgIpc) is 2.65. The van der Waals surface area contributed by atoms with Gasteiger partial charge in [-0.25, -0.2) is 0 Å². The number of benzene rings is 1. The number of amidine groups is 1. The number of rotatable bonds is 5. The molecule has 1 N–H and O–H groups in total. The Labute approximate surface area is 160 Å². The van der Waals surface area contributed by atoms with Crippen LogP contribution in [0.25, 0.3) is 0 Å². The number of nitrogens with zero attached hydrogens (tertiary/aromatic N) is 4. The Bertz CT molecular complexity index is 755. The normalized spacial score (nSPS) is 15.8. The van der Waals surface area contributed by atoms with Crippen LogP contribution >= 0.6 is 15.9 Å². The molecule has 1 fully saturated rings. The zero-order valence-corrected chi connectivity index (χ0v) is 16.3. The lowest BCUT2D eigenvalue weighted by molar-refractivity contribution is -0.385. The predicted molar refractivity (Wildman–Crippen MR) is 105 cm³/mol. The van der Waals surface area contributed by atoms with Gasteiger partial charge in [-0.2, -0.15) is 4.99 Å². The predicted octanol–water partition coefficient (Wildman–Crippen LogP) is 3.49. The molecule has 26 heavy (non-hydrogen) atoms. The first kappa shape index (κ1) is 19.8. The summed E-state index contributed by atoms with van der Waals surface area (Å²) in [5, 5.41) is 20.7. The first-order chi connectivity index (χ1) is 12.4. The first-order valence-corrected chi connectivity index (χ1v) is 8.78. The highest BCUT2D eigenvalue weighted by Gasteiger charge is 2.24. The molecule has 1 aliphatic rings. The number of nitro benzene ring substituents is 1. The van der Waals surface area contributed by atoms with E-state index in [9.17, 15) is 15.2 Å². The number of anilines is 1. The number of aliphatic imine (C=N–C) groups is 1. The van der Waals surface area contributed by atoms with Gasteiger partial charge in [0.25, 0.3) is 0 Å². The molecule has 1 aromatic carbocycles. The zero-order chi connectivity index (χ0) is 19.3. The second kappa shape index (κ2) is 8.70. The highest BCUT2D eigenvalue weighted by Crippen LogP contribution is 2.38. The van der Waals surface area contributed by atoms with Crippen molar-refractivity contribution in [2.75, 3.05) is 38.2 Å². The Hall–Kier alpha value is -2.55. The third-order valence-corrected chi connectivity index (χ3v) is 4.69. The zero-order valence-electron chi connectivity index (χ0n) is 14.7. The van der Waals surface area contributed by atoms with Crippen LogP contribution in [0.2, 0.25) is 0 Å². The minimum absolute atomic E-state index is 0.0508. The Kier molecular flexibility index (Phi) is 6.62. The maximum atomic E-state index is 11.1. The number of aliphatic hydroxyl groups excluding tert-OH is 1. The number of allylic oxidation sites excluding steroid dienone is 1. The summed E-state index contributed by atoms with van der Waals surface area (Å²) in [5.41, 5.74) is 0.755. The van der Waals surface area contributed by atoms with Gasteiger partial charge in [-0.05, 0) is 35.0 Å². The highest BCUT2D eigenvalue weighted by molar-refractivity contribution is 9.10. The standard InChI is InChI=1S/C17H21BrN4O4/c1-4-16(19-17(23)5-2)21-8-6-20(7-9-21)13-11-15(26-3)14(22(24)25)10-12(13)18/h4-5,10-11,23H,1,6-9H2,2-3H3/b17-5+,19-16+. The van der Waals surface area contributed by atoms with Crippen molar-refractivity contribution in [2.24, 2.45) is 4.99 Å².